The predicted molar refractivity (Wildman–Crippen MR) is 88.9 cm³/mol. The molecular weight excluding hydrogens is 296 g/mol. The van der Waals surface area contributed by atoms with E-state index in [-0.39, 0.29) is 11.9 Å². The summed E-state index contributed by atoms with van der Waals surface area (Å²) in [6.45, 7) is 1.38. The van der Waals surface area contributed by atoms with E-state index in [1.54, 1.807) is 0 Å². The Bertz CT molecular complexity index is 672. The molecule has 3 nitrogen and oxygen atoms in total. The van der Waals surface area contributed by atoms with Crippen LogP contribution in [-0.4, -0.2) is 18.5 Å². The van der Waals surface area contributed by atoms with Crippen LogP contribution in [-0.2, 0) is 24.2 Å². The van der Waals surface area contributed by atoms with Gasteiger partial charge in [-0.2, -0.15) is 0 Å². The molecule has 4 heteroatoms. The van der Waals surface area contributed by atoms with Crippen molar-refractivity contribution in [1.29, 1.82) is 0 Å². The number of fused-ring (bicyclic) bond motifs is 1. The van der Waals surface area contributed by atoms with Gasteiger partial charge in [0.2, 0.25) is 5.91 Å². The fraction of sp³-hybridized carbons (Fsp3) is 0.278. The molecular formula is C18H19ClN2O. The zero-order chi connectivity index (χ0) is 15.4. The minimum atomic E-state index is -0.144. The van der Waals surface area contributed by atoms with E-state index in [9.17, 15) is 4.79 Å². The number of carbonyl (C=O) groups excluding carboxylic acids is 1. The average Bonchev–Trinajstić information content (AvgIpc) is 2.54. The van der Waals surface area contributed by atoms with Crippen molar-refractivity contribution in [1.82, 2.24) is 10.6 Å². The Balaban J connectivity index is 1.51. The maximum absolute atomic E-state index is 12.3. The van der Waals surface area contributed by atoms with Gasteiger partial charge in [0.05, 0.1) is 6.04 Å². The van der Waals surface area contributed by atoms with E-state index in [4.69, 9.17) is 11.6 Å². The van der Waals surface area contributed by atoms with Crippen LogP contribution in [0.5, 0.6) is 0 Å². The van der Waals surface area contributed by atoms with Gasteiger partial charge in [0.25, 0.3) is 0 Å². The third kappa shape index (κ3) is 3.67. The van der Waals surface area contributed by atoms with Crippen LogP contribution in [0.2, 0.25) is 5.02 Å². The Kier molecular flexibility index (Phi) is 4.76. The standard InChI is InChI=1S/C18H19ClN2O/c19-16-7-3-4-13(10-16)8-9-20-18(22)17-11-14-5-1-2-6-15(14)12-21-17/h1-7,10,17,21H,8-9,11-12H2,(H,20,22). The summed E-state index contributed by atoms with van der Waals surface area (Å²) in [6, 6.07) is 15.9. The zero-order valence-electron chi connectivity index (χ0n) is 12.3. The summed E-state index contributed by atoms with van der Waals surface area (Å²) >= 11 is 5.96. The molecule has 1 atom stereocenters. The number of amides is 1. The van der Waals surface area contributed by atoms with Crippen molar-refractivity contribution in [2.24, 2.45) is 0 Å². The molecule has 2 aromatic carbocycles. The second-order valence-electron chi connectivity index (χ2n) is 5.58. The molecule has 22 heavy (non-hydrogen) atoms. The lowest BCUT2D eigenvalue weighted by Crippen LogP contribution is -2.48. The maximum Gasteiger partial charge on any atom is 0.237 e. The minimum Gasteiger partial charge on any atom is -0.354 e. The van der Waals surface area contributed by atoms with Gasteiger partial charge >= 0.3 is 0 Å². The lowest BCUT2D eigenvalue weighted by Gasteiger charge is -2.25. The zero-order valence-corrected chi connectivity index (χ0v) is 13.1. The topological polar surface area (TPSA) is 41.1 Å². The van der Waals surface area contributed by atoms with Crippen LogP contribution in [0.1, 0.15) is 16.7 Å². The van der Waals surface area contributed by atoms with Crippen molar-refractivity contribution in [3.8, 4) is 0 Å². The molecule has 0 aliphatic carbocycles. The van der Waals surface area contributed by atoms with Gasteiger partial charge in [0.15, 0.2) is 0 Å². The first-order valence-corrected chi connectivity index (χ1v) is 7.92. The summed E-state index contributed by atoms with van der Waals surface area (Å²) in [5.74, 6) is 0.0662. The lowest BCUT2D eigenvalue weighted by molar-refractivity contribution is -0.123. The fourth-order valence-electron chi connectivity index (χ4n) is 2.79. The number of rotatable bonds is 4. The number of nitrogens with one attached hydrogen (secondary N) is 2. The van der Waals surface area contributed by atoms with Gasteiger partial charge in [-0.1, -0.05) is 48.0 Å². The SMILES string of the molecule is O=C(NCCc1cccc(Cl)c1)C1Cc2ccccc2CN1. The van der Waals surface area contributed by atoms with Crippen LogP contribution >= 0.6 is 11.6 Å². The molecule has 2 N–H and O–H groups in total. The molecule has 0 bridgehead atoms. The summed E-state index contributed by atoms with van der Waals surface area (Å²) in [5.41, 5.74) is 3.68. The van der Waals surface area contributed by atoms with Crippen molar-refractivity contribution in [3.63, 3.8) is 0 Å². The second-order valence-corrected chi connectivity index (χ2v) is 6.01. The number of halogens is 1. The molecule has 1 aliphatic heterocycles. The van der Waals surface area contributed by atoms with Crippen molar-refractivity contribution < 1.29 is 4.79 Å². The van der Waals surface area contributed by atoms with Crippen molar-refractivity contribution in [3.05, 3.63) is 70.2 Å². The van der Waals surface area contributed by atoms with E-state index >= 15 is 0 Å². The molecule has 0 fully saturated rings. The molecule has 0 radical (unpaired) electrons. The number of benzene rings is 2. The Hall–Kier alpha value is -1.84. The third-order valence-corrected chi connectivity index (χ3v) is 4.23. The summed E-state index contributed by atoms with van der Waals surface area (Å²) in [7, 11) is 0. The van der Waals surface area contributed by atoms with Crippen LogP contribution in [0.3, 0.4) is 0 Å². The van der Waals surface area contributed by atoms with Crippen molar-refractivity contribution in [2.45, 2.75) is 25.4 Å². The molecule has 1 aliphatic rings. The van der Waals surface area contributed by atoms with Gasteiger partial charge in [0, 0.05) is 18.1 Å². The predicted octanol–water partition coefficient (Wildman–Crippen LogP) is 2.71. The molecule has 114 valence electrons. The van der Waals surface area contributed by atoms with E-state index in [0.29, 0.717) is 6.54 Å². The summed E-state index contributed by atoms with van der Waals surface area (Å²) < 4.78 is 0. The highest BCUT2D eigenvalue weighted by Gasteiger charge is 2.23. The third-order valence-electron chi connectivity index (χ3n) is 4.00. The second kappa shape index (κ2) is 6.95. The molecule has 0 saturated heterocycles. The quantitative estimate of drug-likeness (QED) is 0.911. The number of hydrogen-bond donors (Lipinski definition) is 2. The van der Waals surface area contributed by atoms with E-state index in [2.05, 4.69) is 22.8 Å². The first-order chi connectivity index (χ1) is 10.7. The molecule has 1 unspecified atom stereocenters. The van der Waals surface area contributed by atoms with Gasteiger partial charge in [0.1, 0.15) is 0 Å². The monoisotopic (exact) mass is 314 g/mol. The van der Waals surface area contributed by atoms with Crippen molar-refractivity contribution >= 4 is 17.5 Å². The summed E-state index contributed by atoms with van der Waals surface area (Å²) in [5, 5.41) is 7.04. The minimum absolute atomic E-state index is 0.0662. The number of carbonyl (C=O) groups is 1. The van der Waals surface area contributed by atoms with Crippen LogP contribution in [0, 0.1) is 0 Å². The largest absolute Gasteiger partial charge is 0.354 e. The molecule has 0 spiro atoms. The van der Waals surface area contributed by atoms with E-state index in [1.807, 2.05) is 36.4 Å². The molecule has 3 rings (SSSR count). The van der Waals surface area contributed by atoms with Gasteiger partial charge in [-0.15, -0.1) is 0 Å². The van der Waals surface area contributed by atoms with Crippen molar-refractivity contribution in [2.75, 3.05) is 6.54 Å². The Morgan fingerprint density at radius 2 is 2.00 bits per heavy atom. The number of hydrogen-bond acceptors (Lipinski definition) is 2. The molecule has 1 amide bonds. The van der Waals surface area contributed by atoms with Crippen LogP contribution in [0.4, 0.5) is 0 Å². The molecule has 0 aromatic heterocycles. The van der Waals surface area contributed by atoms with Crippen LogP contribution in [0.15, 0.2) is 48.5 Å². The Labute approximate surface area is 135 Å². The Morgan fingerprint density at radius 1 is 1.18 bits per heavy atom. The molecule has 2 aromatic rings. The first-order valence-electron chi connectivity index (χ1n) is 7.55. The van der Waals surface area contributed by atoms with Gasteiger partial charge in [-0.05, 0) is 41.7 Å². The van der Waals surface area contributed by atoms with Crippen LogP contribution < -0.4 is 10.6 Å². The highest BCUT2D eigenvalue weighted by Crippen LogP contribution is 2.16. The van der Waals surface area contributed by atoms with E-state index in [0.717, 1.165) is 30.0 Å². The lowest BCUT2D eigenvalue weighted by atomic mass is 9.95. The Morgan fingerprint density at radius 3 is 2.82 bits per heavy atom. The average molecular weight is 315 g/mol. The maximum atomic E-state index is 12.3. The first kappa shape index (κ1) is 15.1. The normalized spacial score (nSPS) is 16.9. The van der Waals surface area contributed by atoms with E-state index < -0.39 is 0 Å². The molecule has 0 saturated carbocycles. The highest BCUT2D eigenvalue weighted by atomic mass is 35.5. The van der Waals surface area contributed by atoms with Gasteiger partial charge in [-0.3, -0.25) is 4.79 Å². The fourth-order valence-corrected chi connectivity index (χ4v) is 3.00. The smallest absolute Gasteiger partial charge is 0.237 e. The summed E-state index contributed by atoms with van der Waals surface area (Å²) in [4.78, 5) is 12.3. The van der Waals surface area contributed by atoms with Crippen LogP contribution in [0.25, 0.3) is 0 Å². The summed E-state index contributed by atoms with van der Waals surface area (Å²) in [6.07, 6.45) is 1.54. The molecule has 1 heterocycles. The van der Waals surface area contributed by atoms with Gasteiger partial charge in [-0.25, -0.2) is 0 Å². The van der Waals surface area contributed by atoms with Gasteiger partial charge < -0.3 is 10.6 Å². The highest BCUT2D eigenvalue weighted by molar-refractivity contribution is 6.30. The van der Waals surface area contributed by atoms with E-state index in [1.165, 1.54) is 11.1 Å².